The highest BCUT2D eigenvalue weighted by atomic mass is 31.2. The maximum Gasteiger partial charge on any atom is 0.348 e. The Kier molecular flexibility index (Phi) is 6.00. The molecule has 18 heavy (non-hydrogen) atoms. The number of aliphatic hydroxyl groups excluding tert-OH is 1. The first-order valence-corrected chi connectivity index (χ1v) is 6.97. The standard InChI is InChI=1S/C9H16BO7P/c1-15-3-4-16-8-7(11)6(17-9(8)10)2-5-18(12,13)14/h2,5-9,11H,3-4H2,1H3,(H2,12,13,14)/b5-2+/t6-,7?,8?,9-/m1/s1. The number of aliphatic hydroxyl groups is 1. The lowest BCUT2D eigenvalue weighted by molar-refractivity contribution is -0.0365. The van der Waals surface area contributed by atoms with Crippen molar-refractivity contribution in [1.82, 2.24) is 0 Å². The van der Waals surface area contributed by atoms with E-state index in [4.69, 9.17) is 31.8 Å². The Morgan fingerprint density at radius 2 is 2.11 bits per heavy atom. The van der Waals surface area contributed by atoms with Gasteiger partial charge in [0, 0.05) is 18.9 Å². The molecule has 3 N–H and O–H groups in total. The van der Waals surface area contributed by atoms with Crippen molar-refractivity contribution in [3.05, 3.63) is 11.9 Å². The Morgan fingerprint density at radius 1 is 1.44 bits per heavy atom. The molecule has 0 bridgehead atoms. The van der Waals surface area contributed by atoms with E-state index in [0.717, 1.165) is 6.08 Å². The van der Waals surface area contributed by atoms with E-state index in [1.54, 1.807) is 0 Å². The summed E-state index contributed by atoms with van der Waals surface area (Å²) in [4.78, 5) is 17.4. The summed E-state index contributed by atoms with van der Waals surface area (Å²) in [7, 11) is 2.83. The molecular formula is C9H16BO7P. The molecule has 0 aromatic carbocycles. The van der Waals surface area contributed by atoms with Gasteiger partial charge in [0.05, 0.1) is 13.2 Å². The number of ether oxygens (including phenoxy) is 3. The SMILES string of the molecule is [B][C@@H]1O[C@H](/C=C/P(=O)(O)O)C(O)C1OCCOC. The van der Waals surface area contributed by atoms with Gasteiger partial charge in [-0.05, 0) is 6.08 Å². The number of rotatable bonds is 6. The first kappa shape index (κ1) is 15.9. The summed E-state index contributed by atoms with van der Waals surface area (Å²) in [5.74, 6) is 0.672. The summed E-state index contributed by atoms with van der Waals surface area (Å²) in [5, 5.41) is 9.84. The fourth-order valence-corrected chi connectivity index (χ4v) is 1.93. The second kappa shape index (κ2) is 6.82. The topological polar surface area (TPSA) is 105 Å². The molecule has 2 radical (unpaired) electrons. The zero-order valence-electron chi connectivity index (χ0n) is 9.88. The Morgan fingerprint density at radius 3 is 2.67 bits per heavy atom. The number of hydrogen-bond acceptors (Lipinski definition) is 5. The molecule has 102 valence electrons. The van der Waals surface area contributed by atoms with Crippen LogP contribution in [0.3, 0.4) is 0 Å². The Labute approximate surface area is 106 Å². The molecule has 1 fully saturated rings. The van der Waals surface area contributed by atoms with Crippen LogP contribution in [0.1, 0.15) is 0 Å². The van der Waals surface area contributed by atoms with Crippen LogP contribution in [0.2, 0.25) is 0 Å². The predicted octanol–water partition coefficient (Wildman–Crippen LogP) is -1.04. The van der Waals surface area contributed by atoms with Gasteiger partial charge in [-0.3, -0.25) is 4.57 Å². The zero-order valence-corrected chi connectivity index (χ0v) is 10.8. The van der Waals surface area contributed by atoms with Crippen LogP contribution in [0.15, 0.2) is 11.9 Å². The zero-order chi connectivity index (χ0) is 13.8. The van der Waals surface area contributed by atoms with E-state index >= 15 is 0 Å². The summed E-state index contributed by atoms with van der Waals surface area (Å²) in [6, 6.07) is -0.858. The molecule has 0 aromatic rings. The summed E-state index contributed by atoms with van der Waals surface area (Å²) in [6.45, 7) is 0.586. The number of hydrogen-bond donors (Lipinski definition) is 3. The third kappa shape index (κ3) is 4.82. The monoisotopic (exact) mass is 278 g/mol. The Balaban J connectivity index is 2.55. The third-order valence-corrected chi connectivity index (χ3v) is 2.94. The van der Waals surface area contributed by atoms with E-state index in [1.165, 1.54) is 7.11 Å². The van der Waals surface area contributed by atoms with E-state index in [1.807, 2.05) is 0 Å². The van der Waals surface area contributed by atoms with Gasteiger partial charge in [0.25, 0.3) is 0 Å². The maximum atomic E-state index is 10.7. The van der Waals surface area contributed by atoms with Crippen LogP contribution in [0.5, 0.6) is 0 Å². The van der Waals surface area contributed by atoms with Crippen molar-refractivity contribution >= 4 is 15.4 Å². The van der Waals surface area contributed by atoms with Crippen molar-refractivity contribution in [2.24, 2.45) is 0 Å². The number of methoxy groups -OCH3 is 1. The van der Waals surface area contributed by atoms with Crippen molar-refractivity contribution in [2.75, 3.05) is 20.3 Å². The first-order chi connectivity index (χ1) is 8.35. The Bertz CT molecular complexity index is 331. The highest BCUT2D eigenvalue weighted by Crippen LogP contribution is 2.37. The van der Waals surface area contributed by atoms with Gasteiger partial charge in [-0.15, -0.1) is 0 Å². The largest absolute Gasteiger partial charge is 0.387 e. The lowest BCUT2D eigenvalue weighted by Crippen LogP contribution is -2.35. The van der Waals surface area contributed by atoms with Gasteiger partial charge >= 0.3 is 7.60 Å². The summed E-state index contributed by atoms with van der Waals surface area (Å²) >= 11 is 0. The van der Waals surface area contributed by atoms with Gasteiger partial charge in [0.15, 0.2) is 0 Å². The molecule has 7 nitrogen and oxygen atoms in total. The molecule has 0 spiro atoms. The van der Waals surface area contributed by atoms with Gasteiger partial charge < -0.3 is 29.1 Å². The lowest BCUT2D eigenvalue weighted by atomic mass is 9.93. The molecule has 0 aliphatic carbocycles. The van der Waals surface area contributed by atoms with Crippen molar-refractivity contribution in [3.8, 4) is 0 Å². The first-order valence-electron chi connectivity index (χ1n) is 5.29. The molecule has 1 rings (SSSR count). The van der Waals surface area contributed by atoms with Crippen molar-refractivity contribution in [2.45, 2.75) is 24.3 Å². The molecule has 0 saturated carbocycles. The van der Waals surface area contributed by atoms with Gasteiger partial charge in [0.2, 0.25) is 0 Å². The van der Waals surface area contributed by atoms with Crippen LogP contribution < -0.4 is 0 Å². The van der Waals surface area contributed by atoms with Crippen LogP contribution in [0.25, 0.3) is 0 Å². The van der Waals surface area contributed by atoms with E-state index in [2.05, 4.69) is 0 Å². The van der Waals surface area contributed by atoms with Gasteiger partial charge in [0.1, 0.15) is 26.2 Å². The molecule has 1 heterocycles. The van der Waals surface area contributed by atoms with Crippen LogP contribution in [0, 0.1) is 0 Å². The van der Waals surface area contributed by atoms with Gasteiger partial charge in [-0.2, -0.15) is 0 Å². The second-order valence-electron chi connectivity index (χ2n) is 3.81. The van der Waals surface area contributed by atoms with Crippen molar-refractivity contribution in [3.63, 3.8) is 0 Å². The molecule has 9 heteroatoms. The fourth-order valence-electron chi connectivity index (χ4n) is 1.54. The normalized spacial score (nSPS) is 33.3. The van der Waals surface area contributed by atoms with E-state index in [9.17, 15) is 9.67 Å². The third-order valence-electron chi connectivity index (χ3n) is 2.38. The van der Waals surface area contributed by atoms with Crippen molar-refractivity contribution in [1.29, 1.82) is 0 Å². The molecule has 4 atom stereocenters. The van der Waals surface area contributed by atoms with Crippen LogP contribution in [-0.4, -0.2) is 67.4 Å². The molecule has 0 amide bonds. The minimum absolute atomic E-state index is 0.240. The summed E-state index contributed by atoms with van der Waals surface area (Å²) in [5.41, 5.74) is 0. The predicted molar refractivity (Wildman–Crippen MR) is 63.2 cm³/mol. The quantitative estimate of drug-likeness (QED) is 0.324. The average molecular weight is 278 g/mol. The van der Waals surface area contributed by atoms with Crippen molar-refractivity contribution < 1.29 is 33.7 Å². The van der Waals surface area contributed by atoms with Gasteiger partial charge in [-0.1, -0.05) is 0 Å². The van der Waals surface area contributed by atoms with E-state index < -0.39 is 31.9 Å². The lowest BCUT2D eigenvalue weighted by Gasteiger charge is -2.18. The minimum atomic E-state index is -4.28. The average Bonchev–Trinajstić information content (AvgIpc) is 2.53. The minimum Gasteiger partial charge on any atom is -0.387 e. The maximum absolute atomic E-state index is 10.7. The highest BCUT2D eigenvalue weighted by Gasteiger charge is 2.40. The molecule has 1 saturated heterocycles. The molecule has 2 unspecified atom stereocenters. The molecule has 1 aliphatic heterocycles. The molecule has 0 aromatic heterocycles. The summed E-state index contributed by atoms with van der Waals surface area (Å²) < 4.78 is 25.9. The molecular weight excluding hydrogens is 262 g/mol. The second-order valence-corrected chi connectivity index (χ2v) is 5.29. The van der Waals surface area contributed by atoms with Crippen LogP contribution >= 0.6 is 7.60 Å². The van der Waals surface area contributed by atoms with Gasteiger partial charge in [-0.25, -0.2) is 0 Å². The van der Waals surface area contributed by atoms with E-state index in [0.29, 0.717) is 12.4 Å². The smallest absolute Gasteiger partial charge is 0.348 e. The summed E-state index contributed by atoms with van der Waals surface area (Å²) in [6.07, 6.45) is -1.66. The van der Waals surface area contributed by atoms with Crippen LogP contribution in [-0.2, 0) is 18.8 Å². The van der Waals surface area contributed by atoms with E-state index in [-0.39, 0.29) is 6.61 Å². The highest BCUT2D eigenvalue weighted by molar-refractivity contribution is 7.55. The Hall–Kier alpha value is -0.205. The molecule has 1 aliphatic rings. The fraction of sp³-hybridized carbons (Fsp3) is 0.778. The van der Waals surface area contributed by atoms with Crippen LogP contribution in [0.4, 0.5) is 0 Å².